The maximum Gasteiger partial charge on any atom is 0.356 e. The third kappa shape index (κ3) is 1.72. The van der Waals surface area contributed by atoms with Crippen molar-refractivity contribution in [2.75, 3.05) is 0 Å². The van der Waals surface area contributed by atoms with Crippen LogP contribution in [0.2, 0.25) is 5.15 Å². The van der Waals surface area contributed by atoms with Gasteiger partial charge in [-0.1, -0.05) is 23.7 Å². The summed E-state index contributed by atoms with van der Waals surface area (Å²) in [5.41, 5.74) is 0.160. The quantitative estimate of drug-likeness (QED) is 0.838. The van der Waals surface area contributed by atoms with Crippen molar-refractivity contribution in [3.8, 4) is 11.4 Å². The lowest BCUT2D eigenvalue weighted by Crippen LogP contribution is -2.01. The number of hydrogen-bond acceptors (Lipinski definition) is 3. The summed E-state index contributed by atoms with van der Waals surface area (Å²) in [6, 6.07) is 7.60. The van der Waals surface area contributed by atoms with Crippen molar-refractivity contribution in [1.29, 1.82) is 0 Å². The topological polar surface area (TPSA) is 75.3 Å². The first-order chi connectivity index (χ1) is 7.59. The zero-order valence-electron chi connectivity index (χ0n) is 7.96. The summed E-state index contributed by atoms with van der Waals surface area (Å²) < 4.78 is 1.17. The number of aromatic hydroxyl groups is 1. The Labute approximate surface area is 95.5 Å². The summed E-state index contributed by atoms with van der Waals surface area (Å²) in [6.45, 7) is 0. The second-order valence-corrected chi connectivity index (χ2v) is 3.45. The molecule has 0 saturated heterocycles. The summed E-state index contributed by atoms with van der Waals surface area (Å²) in [4.78, 5) is 10.7. The van der Waals surface area contributed by atoms with E-state index in [1.54, 1.807) is 18.2 Å². The Kier molecular flexibility index (Phi) is 2.54. The van der Waals surface area contributed by atoms with Gasteiger partial charge < -0.3 is 10.2 Å². The normalized spacial score (nSPS) is 10.3. The molecule has 0 radical (unpaired) electrons. The Morgan fingerprint density at radius 3 is 2.62 bits per heavy atom. The number of phenolic OH excluding ortho intramolecular Hbond substituents is 1. The largest absolute Gasteiger partial charge is 0.506 e. The van der Waals surface area contributed by atoms with Crippen LogP contribution in [0.4, 0.5) is 0 Å². The average Bonchev–Trinajstić information content (AvgIpc) is 2.61. The van der Waals surface area contributed by atoms with E-state index in [-0.39, 0.29) is 16.6 Å². The van der Waals surface area contributed by atoms with Crippen LogP contribution in [0.25, 0.3) is 5.69 Å². The molecule has 5 nitrogen and oxygen atoms in total. The number of nitrogens with zero attached hydrogens (tertiary/aromatic N) is 2. The van der Waals surface area contributed by atoms with Crippen LogP contribution in [-0.4, -0.2) is 26.0 Å². The van der Waals surface area contributed by atoms with Gasteiger partial charge in [-0.3, -0.25) is 0 Å². The van der Waals surface area contributed by atoms with Gasteiger partial charge in [-0.2, -0.15) is 5.10 Å². The minimum absolute atomic E-state index is 0.0237. The first-order valence-corrected chi connectivity index (χ1v) is 4.74. The summed E-state index contributed by atoms with van der Waals surface area (Å²) in [5, 5.41) is 22.2. The average molecular weight is 239 g/mol. The standard InChI is InChI=1S/C10H7ClN2O3/c11-9-5-6(10(15)16)12-13(9)7-3-1-2-4-8(7)14/h1-5,14H,(H,15,16). The molecule has 2 aromatic rings. The highest BCUT2D eigenvalue weighted by atomic mass is 35.5. The Morgan fingerprint density at radius 2 is 2.06 bits per heavy atom. The third-order valence-corrected chi connectivity index (χ3v) is 2.26. The van der Waals surface area contributed by atoms with Crippen LogP contribution in [0.5, 0.6) is 5.75 Å². The van der Waals surface area contributed by atoms with Crippen molar-refractivity contribution in [2.24, 2.45) is 0 Å². The van der Waals surface area contributed by atoms with Crippen molar-refractivity contribution in [2.45, 2.75) is 0 Å². The molecule has 6 heteroatoms. The lowest BCUT2D eigenvalue weighted by Gasteiger charge is -2.04. The van der Waals surface area contributed by atoms with Gasteiger partial charge in [0.25, 0.3) is 0 Å². The molecule has 0 aliphatic rings. The number of para-hydroxylation sites is 2. The van der Waals surface area contributed by atoms with Gasteiger partial charge in [0.15, 0.2) is 5.69 Å². The van der Waals surface area contributed by atoms with Crippen LogP contribution in [0.3, 0.4) is 0 Å². The molecule has 0 atom stereocenters. The number of carbonyl (C=O) groups is 1. The number of aromatic nitrogens is 2. The van der Waals surface area contributed by atoms with Crippen molar-refractivity contribution < 1.29 is 15.0 Å². The third-order valence-electron chi connectivity index (χ3n) is 1.99. The SMILES string of the molecule is O=C(O)c1cc(Cl)n(-c2ccccc2O)n1. The molecule has 1 aromatic carbocycles. The Balaban J connectivity index is 2.57. The number of phenols is 1. The maximum atomic E-state index is 10.7. The van der Waals surface area contributed by atoms with Crippen LogP contribution >= 0.6 is 11.6 Å². The lowest BCUT2D eigenvalue weighted by molar-refractivity contribution is 0.0690. The molecule has 0 aliphatic carbocycles. The summed E-state index contributed by atoms with van der Waals surface area (Å²) >= 11 is 5.82. The molecular formula is C10H7ClN2O3. The van der Waals surface area contributed by atoms with E-state index in [0.717, 1.165) is 0 Å². The first-order valence-electron chi connectivity index (χ1n) is 4.37. The summed E-state index contributed by atoms with van der Waals surface area (Å²) in [7, 11) is 0. The van der Waals surface area contributed by atoms with Crippen LogP contribution in [0, 0.1) is 0 Å². The van der Waals surface area contributed by atoms with Crippen LogP contribution in [0.1, 0.15) is 10.5 Å². The van der Waals surface area contributed by atoms with Crippen LogP contribution < -0.4 is 0 Å². The molecule has 82 valence electrons. The number of aromatic carboxylic acids is 1. The Bertz CT molecular complexity index is 551. The zero-order valence-corrected chi connectivity index (χ0v) is 8.72. The molecule has 0 spiro atoms. The molecule has 16 heavy (non-hydrogen) atoms. The number of carboxylic acid groups (broad SMARTS) is 1. The van der Waals surface area contributed by atoms with Gasteiger partial charge in [-0.25, -0.2) is 9.48 Å². The monoisotopic (exact) mass is 238 g/mol. The van der Waals surface area contributed by atoms with Gasteiger partial charge in [0.2, 0.25) is 0 Å². The molecule has 0 bridgehead atoms. The highest BCUT2D eigenvalue weighted by molar-refractivity contribution is 6.30. The van der Waals surface area contributed by atoms with Gasteiger partial charge in [-0.05, 0) is 12.1 Å². The summed E-state index contributed by atoms with van der Waals surface area (Å²) in [5.74, 6) is -1.19. The predicted octanol–water partition coefficient (Wildman–Crippen LogP) is 1.93. The van der Waals surface area contributed by atoms with Gasteiger partial charge in [-0.15, -0.1) is 0 Å². The first kappa shape index (κ1) is 10.5. The second-order valence-electron chi connectivity index (χ2n) is 3.06. The van der Waals surface area contributed by atoms with E-state index in [9.17, 15) is 9.90 Å². The van der Waals surface area contributed by atoms with Gasteiger partial charge in [0, 0.05) is 6.07 Å². The van der Waals surface area contributed by atoms with Gasteiger partial charge >= 0.3 is 5.97 Å². The number of benzene rings is 1. The number of carboxylic acids is 1. The van der Waals surface area contributed by atoms with Crippen molar-refractivity contribution in [3.63, 3.8) is 0 Å². The zero-order chi connectivity index (χ0) is 11.7. The fourth-order valence-electron chi connectivity index (χ4n) is 1.28. The molecule has 0 unspecified atom stereocenters. The fourth-order valence-corrected chi connectivity index (χ4v) is 1.51. The second kappa shape index (κ2) is 3.86. The van der Waals surface area contributed by atoms with Crippen molar-refractivity contribution in [1.82, 2.24) is 9.78 Å². The van der Waals surface area contributed by atoms with E-state index in [0.29, 0.717) is 5.69 Å². The van der Waals surface area contributed by atoms with E-state index >= 15 is 0 Å². The molecule has 0 saturated carbocycles. The molecule has 2 N–H and O–H groups in total. The number of hydrogen-bond donors (Lipinski definition) is 2. The molecular weight excluding hydrogens is 232 g/mol. The minimum Gasteiger partial charge on any atom is -0.506 e. The van der Waals surface area contributed by atoms with Crippen molar-refractivity contribution >= 4 is 17.6 Å². The van der Waals surface area contributed by atoms with E-state index in [1.807, 2.05) is 0 Å². The fraction of sp³-hybridized carbons (Fsp3) is 0. The van der Waals surface area contributed by atoms with Crippen molar-refractivity contribution in [3.05, 3.63) is 41.2 Å². The molecule has 0 aliphatic heterocycles. The Morgan fingerprint density at radius 1 is 1.38 bits per heavy atom. The predicted molar refractivity (Wildman–Crippen MR) is 57.2 cm³/mol. The molecule has 2 rings (SSSR count). The Hall–Kier alpha value is -2.01. The van der Waals surface area contributed by atoms with Gasteiger partial charge in [0.05, 0.1) is 0 Å². The number of halogens is 1. The van der Waals surface area contributed by atoms with E-state index in [1.165, 1.54) is 16.8 Å². The maximum absolute atomic E-state index is 10.7. The van der Waals surface area contributed by atoms with E-state index in [2.05, 4.69) is 5.10 Å². The van der Waals surface area contributed by atoms with Gasteiger partial charge in [0.1, 0.15) is 16.6 Å². The highest BCUT2D eigenvalue weighted by Crippen LogP contribution is 2.24. The molecule has 0 amide bonds. The summed E-state index contributed by atoms with van der Waals surface area (Å²) in [6.07, 6.45) is 0. The highest BCUT2D eigenvalue weighted by Gasteiger charge is 2.14. The molecule has 1 heterocycles. The number of rotatable bonds is 2. The van der Waals surface area contributed by atoms with Crippen LogP contribution in [-0.2, 0) is 0 Å². The minimum atomic E-state index is -1.17. The van der Waals surface area contributed by atoms with E-state index in [4.69, 9.17) is 16.7 Å². The molecule has 1 aromatic heterocycles. The smallest absolute Gasteiger partial charge is 0.356 e. The van der Waals surface area contributed by atoms with E-state index < -0.39 is 5.97 Å². The lowest BCUT2D eigenvalue weighted by atomic mass is 10.3. The molecule has 0 fully saturated rings. The van der Waals surface area contributed by atoms with Crippen LogP contribution in [0.15, 0.2) is 30.3 Å².